The number of anilines is 1. The van der Waals surface area contributed by atoms with E-state index in [0.29, 0.717) is 28.1 Å². The number of carboxylic acids is 1. The monoisotopic (exact) mass is 489 g/mol. The minimum absolute atomic E-state index is 0.00308. The molecule has 2 aromatic rings. The van der Waals surface area contributed by atoms with Gasteiger partial charge in [-0.2, -0.15) is 0 Å². The number of hydrogen-bond donors (Lipinski definition) is 4. The molecule has 1 aliphatic rings. The standard InChI is InChI=1S/C23H27N3O7S/c1-5-33-23(30)21-13(4)15(7-9-20(27)28)19(24-21)11-17-16-10-14(34(31,32)26-12(2)3)6-8-18(16)25-22(17)29/h6,8,10-12,24,26H,5,7,9H2,1-4H3,(H,25,29)(H,27,28). The van der Waals surface area contributed by atoms with E-state index in [9.17, 15) is 22.8 Å². The summed E-state index contributed by atoms with van der Waals surface area (Å²) in [5.74, 6) is -2.05. The first kappa shape index (κ1) is 25.2. The summed E-state index contributed by atoms with van der Waals surface area (Å²) in [7, 11) is -3.79. The molecule has 1 amide bonds. The van der Waals surface area contributed by atoms with Crippen LogP contribution in [0.4, 0.5) is 5.69 Å². The number of amides is 1. The van der Waals surface area contributed by atoms with Crippen molar-refractivity contribution in [1.82, 2.24) is 9.71 Å². The van der Waals surface area contributed by atoms with Gasteiger partial charge in [0.2, 0.25) is 10.0 Å². The Bertz CT molecular complexity index is 1290. The zero-order chi connectivity index (χ0) is 25.2. The van der Waals surface area contributed by atoms with Gasteiger partial charge in [0.15, 0.2) is 0 Å². The molecule has 0 unspecified atom stereocenters. The molecule has 0 fully saturated rings. The lowest BCUT2D eigenvalue weighted by molar-refractivity contribution is -0.137. The molecule has 0 bridgehead atoms. The Labute approximate surface area is 197 Å². The van der Waals surface area contributed by atoms with Crippen molar-refractivity contribution in [3.8, 4) is 0 Å². The third kappa shape index (κ3) is 5.20. The topological polar surface area (TPSA) is 155 Å². The first-order chi connectivity index (χ1) is 15.9. The van der Waals surface area contributed by atoms with Crippen molar-refractivity contribution in [2.45, 2.75) is 51.5 Å². The van der Waals surface area contributed by atoms with Crippen LogP contribution in [0, 0.1) is 6.92 Å². The number of aromatic amines is 1. The van der Waals surface area contributed by atoms with E-state index in [1.165, 1.54) is 24.3 Å². The van der Waals surface area contributed by atoms with Gasteiger partial charge in [-0.05, 0) is 69.5 Å². The number of sulfonamides is 1. The van der Waals surface area contributed by atoms with Gasteiger partial charge < -0.3 is 20.1 Å². The zero-order valence-corrected chi connectivity index (χ0v) is 20.1. The molecule has 1 aromatic carbocycles. The number of carbonyl (C=O) groups excluding carboxylic acids is 2. The highest BCUT2D eigenvalue weighted by Gasteiger charge is 2.28. The Hall–Kier alpha value is -3.44. The largest absolute Gasteiger partial charge is 0.481 e. The van der Waals surface area contributed by atoms with Gasteiger partial charge in [-0.3, -0.25) is 9.59 Å². The molecule has 34 heavy (non-hydrogen) atoms. The fraction of sp³-hybridized carbons (Fsp3) is 0.348. The normalized spacial score (nSPS) is 14.4. The van der Waals surface area contributed by atoms with Gasteiger partial charge in [-0.15, -0.1) is 0 Å². The van der Waals surface area contributed by atoms with Gasteiger partial charge in [0.1, 0.15) is 5.69 Å². The number of ether oxygens (including phenoxy) is 1. The van der Waals surface area contributed by atoms with Gasteiger partial charge >= 0.3 is 11.9 Å². The van der Waals surface area contributed by atoms with Crippen molar-refractivity contribution < 1.29 is 32.6 Å². The molecule has 0 saturated carbocycles. The number of aromatic nitrogens is 1. The van der Waals surface area contributed by atoms with Gasteiger partial charge in [-0.25, -0.2) is 17.9 Å². The Morgan fingerprint density at radius 3 is 2.59 bits per heavy atom. The van der Waals surface area contributed by atoms with Crippen LogP contribution in [0.1, 0.15) is 60.1 Å². The summed E-state index contributed by atoms with van der Waals surface area (Å²) in [6, 6.07) is 4.01. The third-order valence-electron chi connectivity index (χ3n) is 5.24. The highest BCUT2D eigenvalue weighted by Crippen LogP contribution is 2.36. The molecule has 0 aliphatic carbocycles. The van der Waals surface area contributed by atoms with Crippen molar-refractivity contribution in [2.75, 3.05) is 11.9 Å². The number of hydrogen-bond acceptors (Lipinski definition) is 6. The molecular weight excluding hydrogens is 462 g/mol. The first-order valence-electron chi connectivity index (χ1n) is 10.7. The van der Waals surface area contributed by atoms with Crippen LogP contribution in [0.3, 0.4) is 0 Å². The lowest BCUT2D eigenvalue weighted by atomic mass is 10.0. The summed E-state index contributed by atoms with van der Waals surface area (Å²) in [5.41, 5.74) is 2.65. The molecule has 11 heteroatoms. The van der Waals surface area contributed by atoms with E-state index in [-0.39, 0.29) is 41.7 Å². The summed E-state index contributed by atoms with van der Waals surface area (Å²) in [5, 5.41) is 11.8. The Kier molecular flexibility index (Phi) is 7.27. The van der Waals surface area contributed by atoms with Crippen molar-refractivity contribution in [2.24, 2.45) is 0 Å². The van der Waals surface area contributed by atoms with Crippen molar-refractivity contribution in [3.05, 3.63) is 46.3 Å². The number of H-pyrrole nitrogens is 1. The molecular formula is C23H27N3O7S. The average molecular weight is 490 g/mol. The maximum Gasteiger partial charge on any atom is 0.355 e. The molecule has 0 atom stereocenters. The molecule has 3 rings (SSSR count). The molecule has 0 radical (unpaired) electrons. The van der Waals surface area contributed by atoms with E-state index in [4.69, 9.17) is 9.84 Å². The van der Waals surface area contributed by atoms with Crippen LogP contribution in [0.25, 0.3) is 11.6 Å². The maximum atomic E-state index is 12.7. The minimum Gasteiger partial charge on any atom is -0.481 e. The van der Waals surface area contributed by atoms with Gasteiger partial charge in [0, 0.05) is 29.4 Å². The SMILES string of the molecule is CCOC(=O)c1[nH]c(C=C2C(=O)Nc3ccc(S(=O)(=O)NC(C)C)cc32)c(CCC(=O)O)c1C. The molecule has 0 spiro atoms. The number of nitrogens with one attached hydrogen (secondary N) is 3. The van der Waals surface area contributed by atoms with E-state index < -0.39 is 27.9 Å². The van der Waals surface area contributed by atoms with Gasteiger partial charge in [0.25, 0.3) is 5.91 Å². The molecule has 10 nitrogen and oxygen atoms in total. The zero-order valence-electron chi connectivity index (χ0n) is 19.3. The van der Waals surface area contributed by atoms with Gasteiger partial charge in [0.05, 0.1) is 17.1 Å². The fourth-order valence-electron chi connectivity index (χ4n) is 3.74. The molecule has 2 heterocycles. The van der Waals surface area contributed by atoms with E-state index in [1.54, 1.807) is 27.7 Å². The second-order valence-electron chi connectivity index (χ2n) is 8.13. The average Bonchev–Trinajstić information content (AvgIpc) is 3.21. The number of benzene rings is 1. The van der Waals surface area contributed by atoms with Crippen LogP contribution < -0.4 is 10.0 Å². The van der Waals surface area contributed by atoms with Crippen molar-refractivity contribution >= 4 is 45.2 Å². The first-order valence-corrected chi connectivity index (χ1v) is 12.2. The number of carboxylic acid groups (broad SMARTS) is 1. The Morgan fingerprint density at radius 2 is 1.97 bits per heavy atom. The van der Waals surface area contributed by atoms with Crippen LogP contribution in [0.2, 0.25) is 0 Å². The summed E-state index contributed by atoms with van der Waals surface area (Å²) in [6.45, 7) is 6.91. The highest BCUT2D eigenvalue weighted by molar-refractivity contribution is 7.89. The Balaban J connectivity index is 2.12. The van der Waals surface area contributed by atoms with Crippen LogP contribution in [0.5, 0.6) is 0 Å². The second kappa shape index (κ2) is 9.82. The number of rotatable bonds is 9. The molecule has 0 saturated heterocycles. The Morgan fingerprint density at radius 1 is 1.26 bits per heavy atom. The predicted octanol–water partition coefficient (Wildman–Crippen LogP) is 2.70. The summed E-state index contributed by atoms with van der Waals surface area (Å²) < 4.78 is 32.8. The summed E-state index contributed by atoms with van der Waals surface area (Å²) >= 11 is 0. The maximum absolute atomic E-state index is 12.7. The second-order valence-corrected chi connectivity index (χ2v) is 9.84. The van der Waals surface area contributed by atoms with Crippen LogP contribution in [0.15, 0.2) is 23.1 Å². The predicted molar refractivity (Wildman–Crippen MR) is 126 cm³/mol. The fourth-order valence-corrected chi connectivity index (χ4v) is 5.02. The van der Waals surface area contributed by atoms with Crippen molar-refractivity contribution in [1.29, 1.82) is 0 Å². The molecule has 1 aliphatic heterocycles. The van der Waals surface area contributed by atoms with E-state index in [0.717, 1.165) is 0 Å². The van der Waals surface area contributed by atoms with E-state index in [1.807, 2.05) is 0 Å². The smallest absolute Gasteiger partial charge is 0.355 e. The lowest BCUT2D eigenvalue weighted by Gasteiger charge is -2.10. The van der Waals surface area contributed by atoms with Crippen molar-refractivity contribution in [3.63, 3.8) is 0 Å². The summed E-state index contributed by atoms with van der Waals surface area (Å²) in [4.78, 5) is 39.2. The molecule has 4 N–H and O–H groups in total. The number of esters is 1. The number of fused-ring (bicyclic) bond motifs is 1. The molecule has 1 aromatic heterocycles. The quantitative estimate of drug-likeness (QED) is 0.312. The van der Waals surface area contributed by atoms with Gasteiger partial charge in [-0.1, -0.05) is 0 Å². The van der Waals surface area contributed by atoms with E-state index >= 15 is 0 Å². The number of aliphatic carboxylic acids is 1. The third-order valence-corrected chi connectivity index (χ3v) is 6.90. The molecule has 182 valence electrons. The number of carbonyl (C=O) groups is 3. The van der Waals surface area contributed by atoms with Crippen LogP contribution in [-0.2, 0) is 30.8 Å². The van der Waals surface area contributed by atoms with Crippen LogP contribution >= 0.6 is 0 Å². The minimum atomic E-state index is -3.79. The summed E-state index contributed by atoms with van der Waals surface area (Å²) in [6.07, 6.45) is 1.45. The highest BCUT2D eigenvalue weighted by atomic mass is 32.2. The van der Waals surface area contributed by atoms with E-state index in [2.05, 4.69) is 15.0 Å². The lowest BCUT2D eigenvalue weighted by Crippen LogP contribution is -2.30. The van der Waals surface area contributed by atoms with Crippen LogP contribution in [-0.4, -0.2) is 49.0 Å².